The lowest BCUT2D eigenvalue weighted by Gasteiger charge is -2.55. The molecule has 4 rings (SSSR count). The highest BCUT2D eigenvalue weighted by molar-refractivity contribution is 5.41. The highest BCUT2D eigenvalue weighted by atomic mass is 16.3. The molecule has 0 heterocycles. The Bertz CT molecular complexity index is 735. The van der Waals surface area contributed by atoms with Gasteiger partial charge in [-0.2, -0.15) is 0 Å². The van der Waals surface area contributed by atoms with Crippen molar-refractivity contribution in [2.75, 3.05) is 0 Å². The van der Waals surface area contributed by atoms with Crippen LogP contribution in [0.15, 0.2) is 18.2 Å². The number of benzene rings is 1. The summed E-state index contributed by atoms with van der Waals surface area (Å²) < 4.78 is 0. The van der Waals surface area contributed by atoms with Crippen LogP contribution >= 0.6 is 0 Å². The van der Waals surface area contributed by atoms with Crippen molar-refractivity contribution in [1.29, 1.82) is 0 Å². The average Bonchev–Trinajstić information content (AvgIpc) is 2.81. The molecular formula is C22H28O3. The predicted octanol–water partition coefficient (Wildman–Crippen LogP) is 3.22. The maximum absolute atomic E-state index is 11.1. The number of aryl methyl sites for hydroxylation is 1. The van der Waals surface area contributed by atoms with Crippen LogP contribution in [-0.4, -0.2) is 27.0 Å². The van der Waals surface area contributed by atoms with E-state index < -0.39 is 17.1 Å². The molecule has 1 aromatic rings. The zero-order valence-electron chi connectivity index (χ0n) is 15.1. The summed E-state index contributed by atoms with van der Waals surface area (Å²) in [5, 5.41) is 31.6. The van der Waals surface area contributed by atoms with Crippen LogP contribution < -0.4 is 0 Å². The van der Waals surface area contributed by atoms with E-state index in [1.165, 1.54) is 11.1 Å². The number of aromatic hydroxyl groups is 1. The zero-order chi connectivity index (χ0) is 18.0. The second-order valence-electron chi connectivity index (χ2n) is 8.67. The molecular weight excluding hydrogens is 312 g/mol. The van der Waals surface area contributed by atoms with E-state index in [2.05, 4.69) is 25.8 Å². The number of rotatable bonds is 1. The third-order valence-electron chi connectivity index (χ3n) is 7.80. The molecule has 0 spiro atoms. The van der Waals surface area contributed by atoms with Gasteiger partial charge in [0.05, 0.1) is 6.10 Å². The van der Waals surface area contributed by atoms with Crippen LogP contribution in [0, 0.1) is 35.5 Å². The van der Waals surface area contributed by atoms with Crippen molar-refractivity contribution in [3.8, 4) is 18.1 Å². The number of terminal acetylenes is 1. The Morgan fingerprint density at radius 2 is 2.12 bits per heavy atom. The van der Waals surface area contributed by atoms with Gasteiger partial charge in [-0.05, 0) is 72.6 Å². The van der Waals surface area contributed by atoms with Gasteiger partial charge in [0.1, 0.15) is 5.75 Å². The lowest BCUT2D eigenvalue weighted by atomic mass is 9.49. The molecule has 0 bridgehead atoms. The molecule has 3 N–H and O–H groups in total. The standard InChI is InChI=1S/C22H28O3/c1-4-13-12-21(3)18(11-19(24)22(21,25)5-2)17-8-6-14-10-15(23)7-9-16(14)20(13)17/h2,7,9-10,13,17-20,23-25H,4,6,8,11-12H2,1,3H3/t13-,17-,18-,19+,20+,21-,22-/m0/s1. The van der Waals surface area contributed by atoms with Crippen molar-refractivity contribution in [3.05, 3.63) is 29.3 Å². The first-order chi connectivity index (χ1) is 11.9. The van der Waals surface area contributed by atoms with Crippen molar-refractivity contribution >= 4 is 0 Å². The van der Waals surface area contributed by atoms with Gasteiger partial charge in [0, 0.05) is 5.41 Å². The molecule has 0 saturated heterocycles. The first-order valence-corrected chi connectivity index (χ1v) is 9.55. The Kier molecular flexibility index (Phi) is 3.72. The minimum absolute atomic E-state index is 0.235. The van der Waals surface area contributed by atoms with Crippen LogP contribution in [0.3, 0.4) is 0 Å². The summed E-state index contributed by atoms with van der Waals surface area (Å²) in [4.78, 5) is 0. The second-order valence-corrected chi connectivity index (χ2v) is 8.67. The first kappa shape index (κ1) is 16.9. The summed E-state index contributed by atoms with van der Waals surface area (Å²) in [5.41, 5.74) is 0.755. The molecule has 2 fully saturated rings. The molecule has 1 aromatic carbocycles. The van der Waals surface area contributed by atoms with E-state index in [1.54, 1.807) is 6.07 Å². The van der Waals surface area contributed by atoms with E-state index in [1.807, 2.05) is 6.07 Å². The Hall–Kier alpha value is -1.50. The van der Waals surface area contributed by atoms with E-state index in [9.17, 15) is 15.3 Å². The summed E-state index contributed by atoms with van der Waals surface area (Å²) in [6, 6.07) is 5.79. The maximum atomic E-state index is 11.1. The summed E-state index contributed by atoms with van der Waals surface area (Å²) >= 11 is 0. The van der Waals surface area contributed by atoms with Crippen LogP contribution in [0.1, 0.15) is 56.6 Å². The van der Waals surface area contributed by atoms with Crippen LogP contribution in [-0.2, 0) is 6.42 Å². The van der Waals surface area contributed by atoms with Crippen molar-refractivity contribution in [1.82, 2.24) is 0 Å². The molecule has 0 amide bonds. The average molecular weight is 340 g/mol. The van der Waals surface area contributed by atoms with Crippen molar-refractivity contribution < 1.29 is 15.3 Å². The SMILES string of the molecule is C#C[C@]1(O)[C@H](O)C[C@H]2[C@@H]3CCc4cc(O)ccc4[C@H]3[C@@H](CC)C[C@@]21C. The number of fused-ring (bicyclic) bond motifs is 5. The van der Waals surface area contributed by atoms with Gasteiger partial charge in [-0.3, -0.25) is 0 Å². The Morgan fingerprint density at radius 1 is 1.36 bits per heavy atom. The van der Waals surface area contributed by atoms with Crippen molar-refractivity contribution in [2.24, 2.45) is 23.2 Å². The molecule has 3 heteroatoms. The van der Waals surface area contributed by atoms with Crippen molar-refractivity contribution in [3.63, 3.8) is 0 Å². The summed E-state index contributed by atoms with van der Waals surface area (Å²) in [5.74, 6) is 4.43. The Balaban J connectivity index is 1.81. The highest BCUT2D eigenvalue weighted by Gasteiger charge is 2.66. The molecule has 0 radical (unpaired) electrons. The number of aliphatic hydroxyl groups excluding tert-OH is 1. The second kappa shape index (κ2) is 5.50. The molecule has 2 saturated carbocycles. The van der Waals surface area contributed by atoms with Crippen LogP contribution in [0.25, 0.3) is 0 Å². The fourth-order valence-electron chi connectivity index (χ4n) is 6.54. The topological polar surface area (TPSA) is 60.7 Å². The van der Waals surface area contributed by atoms with Crippen molar-refractivity contribution in [2.45, 2.75) is 63.6 Å². The van der Waals surface area contributed by atoms with Gasteiger partial charge in [-0.15, -0.1) is 6.42 Å². The third kappa shape index (κ3) is 2.08. The fourth-order valence-corrected chi connectivity index (χ4v) is 6.54. The van der Waals surface area contributed by atoms with Gasteiger partial charge in [0.2, 0.25) is 0 Å². The maximum Gasteiger partial charge on any atom is 0.156 e. The smallest absolute Gasteiger partial charge is 0.156 e. The Labute approximate surface area is 150 Å². The number of phenolic OH excluding ortho intramolecular Hbond substituents is 1. The van der Waals surface area contributed by atoms with Crippen LogP contribution in [0.4, 0.5) is 0 Å². The van der Waals surface area contributed by atoms with E-state index in [-0.39, 0.29) is 5.92 Å². The number of phenols is 1. The monoisotopic (exact) mass is 340 g/mol. The van der Waals surface area contributed by atoms with Gasteiger partial charge in [0.15, 0.2) is 5.60 Å². The van der Waals surface area contributed by atoms with Crippen LogP contribution in [0.2, 0.25) is 0 Å². The largest absolute Gasteiger partial charge is 0.508 e. The molecule has 25 heavy (non-hydrogen) atoms. The minimum Gasteiger partial charge on any atom is -0.508 e. The quantitative estimate of drug-likeness (QED) is 0.688. The molecule has 134 valence electrons. The van der Waals surface area contributed by atoms with E-state index in [4.69, 9.17) is 6.42 Å². The van der Waals surface area contributed by atoms with E-state index in [0.29, 0.717) is 29.9 Å². The molecule has 3 aliphatic rings. The summed E-state index contributed by atoms with van der Waals surface area (Å²) in [6.07, 6.45) is 9.30. The number of aliphatic hydroxyl groups is 2. The van der Waals surface area contributed by atoms with Gasteiger partial charge in [-0.25, -0.2) is 0 Å². The predicted molar refractivity (Wildman–Crippen MR) is 97.1 cm³/mol. The molecule has 7 atom stereocenters. The lowest BCUT2D eigenvalue weighted by Crippen LogP contribution is -2.55. The number of hydrogen-bond donors (Lipinski definition) is 3. The van der Waals surface area contributed by atoms with Gasteiger partial charge in [0.25, 0.3) is 0 Å². The summed E-state index contributed by atoms with van der Waals surface area (Å²) in [7, 11) is 0. The fraction of sp³-hybridized carbons (Fsp3) is 0.636. The van der Waals surface area contributed by atoms with E-state index in [0.717, 1.165) is 25.7 Å². The molecule has 0 unspecified atom stereocenters. The first-order valence-electron chi connectivity index (χ1n) is 9.55. The van der Waals surface area contributed by atoms with Gasteiger partial charge < -0.3 is 15.3 Å². The molecule has 0 aliphatic heterocycles. The lowest BCUT2D eigenvalue weighted by molar-refractivity contribution is -0.113. The molecule has 3 aliphatic carbocycles. The van der Waals surface area contributed by atoms with E-state index >= 15 is 0 Å². The van der Waals surface area contributed by atoms with Crippen LogP contribution in [0.5, 0.6) is 5.75 Å². The highest BCUT2D eigenvalue weighted by Crippen LogP contribution is 2.66. The Morgan fingerprint density at radius 3 is 2.80 bits per heavy atom. The summed E-state index contributed by atoms with van der Waals surface area (Å²) in [6.45, 7) is 4.30. The number of hydrogen-bond acceptors (Lipinski definition) is 3. The molecule has 0 aromatic heterocycles. The third-order valence-corrected chi connectivity index (χ3v) is 7.80. The molecule has 3 nitrogen and oxygen atoms in total. The zero-order valence-corrected chi connectivity index (χ0v) is 15.1. The van der Waals surface area contributed by atoms with Gasteiger partial charge in [-0.1, -0.05) is 32.3 Å². The minimum atomic E-state index is -1.43. The van der Waals surface area contributed by atoms with Gasteiger partial charge >= 0.3 is 0 Å². The normalized spacial score (nSPS) is 45.2.